The van der Waals surface area contributed by atoms with E-state index in [0.717, 1.165) is 27.8 Å². The predicted octanol–water partition coefficient (Wildman–Crippen LogP) is 2.37. The molecular formula is C24H26ClN5O4S2. The van der Waals surface area contributed by atoms with Gasteiger partial charge in [-0.1, -0.05) is 23.7 Å². The van der Waals surface area contributed by atoms with Crippen molar-refractivity contribution in [2.75, 3.05) is 13.1 Å². The Morgan fingerprint density at radius 3 is 2.61 bits per heavy atom. The summed E-state index contributed by atoms with van der Waals surface area (Å²) in [5.41, 5.74) is 6.60. The standard InChI is InChI=1S/C24H26ClN5O4S2/c1-13-9-19-20(12-27-13)35-23(28-19)24(32)29-7-8-30(14(2)21(29)22(26)31)36(33,34)18-6-4-15-10-17(25)5-3-16(15)11-18/h3-6,10-11,13-14,21,27H,7-9,12H2,1-2H3,(H2,26,31). The molecule has 1 saturated heterocycles. The van der Waals surface area contributed by atoms with E-state index in [4.69, 9.17) is 17.3 Å². The lowest BCUT2D eigenvalue weighted by atomic mass is 10.0. The normalized spacial score (nSPS) is 23.0. The van der Waals surface area contributed by atoms with Crippen LogP contribution in [-0.4, -0.2) is 65.6 Å². The van der Waals surface area contributed by atoms with E-state index in [1.54, 1.807) is 37.3 Å². The molecule has 0 bridgehead atoms. The summed E-state index contributed by atoms with van der Waals surface area (Å²) >= 11 is 7.35. The molecule has 2 amide bonds. The second kappa shape index (κ2) is 9.38. The highest BCUT2D eigenvalue weighted by molar-refractivity contribution is 7.89. The molecule has 1 aromatic heterocycles. The molecule has 5 rings (SSSR count). The third-order valence-corrected chi connectivity index (χ3v) is 10.1. The highest BCUT2D eigenvalue weighted by atomic mass is 35.5. The number of sulfonamides is 1. The number of primary amides is 1. The molecule has 3 N–H and O–H groups in total. The first kappa shape index (κ1) is 25.1. The van der Waals surface area contributed by atoms with Crippen LogP contribution in [0.2, 0.25) is 5.02 Å². The van der Waals surface area contributed by atoms with Crippen molar-refractivity contribution < 1.29 is 18.0 Å². The average Bonchev–Trinajstić information content (AvgIpc) is 3.25. The summed E-state index contributed by atoms with van der Waals surface area (Å²) in [5, 5.41) is 5.74. The van der Waals surface area contributed by atoms with Gasteiger partial charge in [0.25, 0.3) is 5.91 Å². The van der Waals surface area contributed by atoms with Gasteiger partial charge in [0.2, 0.25) is 15.9 Å². The molecule has 3 heterocycles. The number of aromatic nitrogens is 1. The van der Waals surface area contributed by atoms with Crippen LogP contribution >= 0.6 is 22.9 Å². The molecular weight excluding hydrogens is 522 g/mol. The number of hydrogen-bond acceptors (Lipinski definition) is 7. The molecule has 3 aromatic rings. The zero-order valence-electron chi connectivity index (χ0n) is 19.8. The zero-order chi connectivity index (χ0) is 25.8. The number of amides is 2. The van der Waals surface area contributed by atoms with Crippen LogP contribution in [0.3, 0.4) is 0 Å². The van der Waals surface area contributed by atoms with Crippen LogP contribution in [-0.2, 0) is 27.8 Å². The smallest absolute Gasteiger partial charge is 0.283 e. The van der Waals surface area contributed by atoms with Crippen LogP contribution in [0.5, 0.6) is 0 Å². The van der Waals surface area contributed by atoms with Gasteiger partial charge in [-0.3, -0.25) is 9.59 Å². The van der Waals surface area contributed by atoms with E-state index >= 15 is 0 Å². The van der Waals surface area contributed by atoms with E-state index in [2.05, 4.69) is 17.2 Å². The second-order valence-corrected chi connectivity index (χ2v) is 12.6. The summed E-state index contributed by atoms with van der Waals surface area (Å²) in [6, 6.07) is 8.30. The fraction of sp³-hybridized carbons (Fsp3) is 0.375. The highest BCUT2D eigenvalue weighted by Crippen LogP contribution is 2.30. The molecule has 9 nitrogen and oxygen atoms in total. The van der Waals surface area contributed by atoms with Gasteiger partial charge in [-0.15, -0.1) is 11.3 Å². The molecule has 190 valence electrons. The van der Waals surface area contributed by atoms with E-state index in [-0.39, 0.29) is 24.0 Å². The number of fused-ring (bicyclic) bond motifs is 2. The Hall–Kier alpha value is -2.57. The minimum Gasteiger partial charge on any atom is -0.368 e. The fourth-order valence-corrected chi connectivity index (χ4v) is 7.78. The Bertz CT molecular complexity index is 1470. The van der Waals surface area contributed by atoms with Crippen LogP contribution in [0, 0.1) is 0 Å². The van der Waals surface area contributed by atoms with Gasteiger partial charge in [-0.2, -0.15) is 4.31 Å². The van der Waals surface area contributed by atoms with Gasteiger partial charge in [0.1, 0.15) is 6.04 Å². The lowest BCUT2D eigenvalue weighted by Crippen LogP contribution is -2.65. The molecule has 2 aliphatic heterocycles. The van der Waals surface area contributed by atoms with Gasteiger partial charge >= 0.3 is 0 Å². The van der Waals surface area contributed by atoms with E-state index in [0.29, 0.717) is 16.6 Å². The van der Waals surface area contributed by atoms with Crippen LogP contribution in [0.15, 0.2) is 41.3 Å². The number of piperazine rings is 1. The maximum atomic E-state index is 13.6. The number of rotatable bonds is 4. The quantitative estimate of drug-likeness (QED) is 0.516. The summed E-state index contributed by atoms with van der Waals surface area (Å²) < 4.78 is 28.5. The summed E-state index contributed by atoms with van der Waals surface area (Å²) in [7, 11) is -3.97. The van der Waals surface area contributed by atoms with Crippen molar-refractivity contribution >= 4 is 55.5 Å². The number of carbonyl (C=O) groups is 2. The number of nitrogens with one attached hydrogen (secondary N) is 1. The van der Waals surface area contributed by atoms with Gasteiger partial charge in [0.05, 0.1) is 16.6 Å². The first-order chi connectivity index (χ1) is 17.1. The second-order valence-electron chi connectivity index (χ2n) is 9.23. The monoisotopic (exact) mass is 547 g/mol. The largest absolute Gasteiger partial charge is 0.368 e. The Morgan fingerprint density at radius 2 is 1.86 bits per heavy atom. The number of halogens is 1. The molecule has 0 saturated carbocycles. The number of thiazole rings is 1. The molecule has 3 atom stereocenters. The van der Waals surface area contributed by atoms with E-state index in [1.165, 1.54) is 26.6 Å². The average molecular weight is 548 g/mol. The van der Waals surface area contributed by atoms with Crippen LogP contribution < -0.4 is 11.1 Å². The molecule has 2 aliphatic rings. The Kier molecular flexibility index (Phi) is 6.54. The third kappa shape index (κ3) is 4.39. The lowest BCUT2D eigenvalue weighted by Gasteiger charge is -2.43. The van der Waals surface area contributed by atoms with Crippen molar-refractivity contribution in [3.8, 4) is 0 Å². The SMILES string of the molecule is CC1Cc2nc(C(=O)N3CCN(S(=O)(=O)c4ccc5cc(Cl)ccc5c4)C(C)C3C(N)=O)sc2CN1. The molecule has 12 heteroatoms. The lowest BCUT2D eigenvalue weighted by molar-refractivity contribution is -0.125. The van der Waals surface area contributed by atoms with Crippen LogP contribution in [0.1, 0.15) is 34.2 Å². The molecule has 0 spiro atoms. The molecule has 1 fully saturated rings. The summed E-state index contributed by atoms with van der Waals surface area (Å²) in [6.45, 7) is 4.35. The number of carbonyl (C=O) groups excluding carboxylic acids is 2. The Morgan fingerprint density at radius 1 is 1.14 bits per heavy atom. The van der Waals surface area contributed by atoms with Crippen LogP contribution in [0.25, 0.3) is 10.8 Å². The molecule has 2 aromatic carbocycles. The van der Waals surface area contributed by atoms with Gasteiger partial charge in [-0.05, 0) is 48.9 Å². The fourth-order valence-electron chi connectivity index (χ4n) is 4.94. The highest BCUT2D eigenvalue weighted by Gasteiger charge is 2.45. The Balaban J connectivity index is 1.43. The van der Waals surface area contributed by atoms with Gasteiger partial charge in [0, 0.05) is 42.0 Å². The maximum absolute atomic E-state index is 13.6. The van der Waals surface area contributed by atoms with Crippen molar-refractivity contribution in [2.45, 2.75) is 49.8 Å². The molecule has 36 heavy (non-hydrogen) atoms. The van der Waals surface area contributed by atoms with Crippen molar-refractivity contribution in [3.63, 3.8) is 0 Å². The van der Waals surface area contributed by atoms with E-state index < -0.39 is 33.9 Å². The van der Waals surface area contributed by atoms with Gasteiger partial charge < -0.3 is 16.0 Å². The minimum atomic E-state index is -3.97. The maximum Gasteiger partial charge on any atom is 0.283 e. The number of nitrogens with two attached hydrogens (primary N) is 1. The Labute approximate surface area is 218 Å². The van der Waals surface area contributed by atoms with Crippen molar-refractivity contribution in [2.24, 2.45) is 5.73 Å². The topological polar surface area (TPSA) is 126 Å². The summed E-state index contributed by atoms with van der Waals surface area (Å²) in [5.74, 6) is -1.17. The number of nitrogens with zero attached hydrogens (tertiary/aromatic N) is 3. The van der Waals surface area contributed by atoms with Crippen molar-refractivity contribution in [1.29, 1.82) is 0 Å². The first-order valence-electron chi connectivity index (χ1n) is 11.6. The molecule has 3 unspecified atom stereocenters. The third-order valence-electron chi connectivity index (χ3n) is 6.81. The van der Waals surface area contributed by atoms with E-state index in [1.807, 2.05) is 0 Å². The predicted molar refractivity (Wildman–Crippen MR) is 138 cm³/mol. The van der Waals surface area contributed by atoms with E-state index in [9.17, 15) is 18.0 Å². The summed E-state index contributed by atoms with van der Waals surface area (Å²) in [4.78, 5) is 33.0. The zero-order valence-corrected chi connectivity index (χ0v) is 22.2. The number of hydrogen-bond donors (Lipinski definition) is 2. The molecule has 0 radical (unpaired) electrons. The van der Waals surface area contributed by atoms with Crippen molar-refractivity contribution in [3.05, 3.63) is 57.0 Å². The van der Waals surface area contributed by atoms with Crippen LogP contribution in [0.4, 0.5) is 0 Å². The summed E-state index contributed by atoms with van der Waals surface area (Å²) in [6.07, 6.45) is 0.721. The van der Waals surface area contributed by atoms with Gasteiger partial charge in [-0.25, -0.2) is 13.4 Å². The number of benzene rings is 2. The van der Waals surface area contributed by atoms with Crippen molar-refractivity contribution in [1.82, 2.24) is 19.5 Å². The van der Waals surface area contributed by atoms with Gasteiger partial charge in [0.15, 0.2) is 5.01 Å². The minimum absolute atomic E-state index is 0.0259. The molecule has 0 aliphatic carbocycles. The first-order valence-corrected chi connectivity index (χ1v) is 14.2.